The summed E-state index contributed by atoms with van der Waals surface area (Å²) in [5.41, 5.74) is 7.05. The van der Waals surface area contributed by atoms with Crippen molar-refractivity contribution in [1.82, 2.24) is 0 Å². The first-order valence-corrected chi connectivity index (χ1v) is 5.67. The zero-order valence-electron chi connectivity index (χ0n) is 8.92. The highest BCUT2D eigenvalue weighted by Gasteiger charge is 2.45. The molecule has 0 saturated heterocycles. The van der Waals surface area contributed by atoms with Gasteiger partial charge in [0.05, 0.1) is 5.54 Å². The standard InChI is InChI=1S/C11H13BrN2O.ClH/c1-7-6-8(12)2-3-9(7)14-10(15)11(13)4-5-11;/h2-3,6H,4-5,13H2,1H3,(H,14,15);1H. The second-order valence-corrected chi connectivity index (χ2v) is 4.99. The predicted octanol–water partition coefficient (Wildman–Crippen LogP) is 2.61. The van der Waals surface area contributed by atoms with Crippen molar-refractivity contribution in [3.63, 3.8) is 0 Å². The molecule has 1 aromatic rings. The van der Waals surface area contributed by atoms with E-state index in [0.29, 0.717) is 0 Å². The van der Waals surface area contributed by atoms with Gasteiger partial charge in [-0.1, -0.05) is 15.9 Å². The second kappa shape index (κ2) is 4.73. The van der Waals surface area contributed by atoms with Crippen LogP contribution in [0, 0.1) is 6.92 Å². The number of halogens is 2. The lowest BCUT2D eigenvalue weighted by atomic mass is 10.2. The number of hydrogen-bond acceptors (Lipinski definition) is 2. The third-order valence-corrected chi connectivity index (χ3v) is 3.17. The molecule has 3 nitrogen and oxygen atoms in total. The van der Waals surface area contributed by atoms with Gasteiger partial charge in [-0.05, 0) is 43.5 Å². The highest BCUT2D eigenvalue weighted by atomic mass is 79.9. The number of nitrogens with one attached hydrogen (secondary N) is 1. The Labute approximate surface area is 109 Å². The molecule has 5 heteroatoms. The van der Waals surface area contributed by atoms with Crippen LogP contribution in [0.25, 0.3) is 0 Å². The fourth-order valence-electron chi connectivity index (χ4n) is 1.38. The van der Waals surface area contributed by atoms with Crippen LogP contribution in [0.3, 0.4) is 0 Å². The zero-order valence-corrected chi connectivity index (χ0v) is 11.3. The highest BCUT2D eigenvalue weighted by molar-refractivity contribution is 9.10. The first-order chi connectivity index (χ1) is 7.01. The van der Waals surface area contributed by atoms with Crippen molar-refractivity contribution < 1.29 is 4.79 Å². The Bertz CT molecular complexity index is 418. The maximum absolute atomic E-state index is 11.7. The van der Waals surface area contributed by atoms with Crippen molar-refractivity contribution in [3.8, 4) is 0 Å². The molecule has 1 aliphatic rings. The van der Waals surface area contributed by atoms with E-state index in [-0.39, 0.29) is 18.3 Å². The van der Waals surface area contributed by atoms with E-state index >= 15 is 0 Å². The van der Waals surface area contributed by atoms with Crippen molar-refractivity contribution in [2.75, 3.05) is 5.32 Å². The molecule has 3 N–H and O–H groups in total. The number of carbonyl (C=O) groups excluding carboxylic acids is 1. The number of aryl methyl sites for hydroxylation is 1. The molecule has 0 bridgehead atoms. The topological polar surface area (TPSA) is 55.1 Å². The van der Waals surface area contributed by atoms with E-state index in [1.807, 2.05) is 25.1 Å². The number of carbonyl (C=O) groups is 1. The Kier molecular flexibility index (Phi) is 3.99. The predicted molar refractivity (Wildman–Crippen MR) is 70.9 cm³/mol. The Morgan fingerprint density at radius 2 is 2.12 bits per heavy atom. The minimum absolute atomic E-state index is 0. The van der Waals surface area contributed by atoms with Crippen molar-refractivity contribution in [2.24, 2.45) is 5.73 Å². The van der Waals surface area contributed by atoms with E-state index in [4.69, 9.17) is 5.73 Å². The lowest BCUT2D eigenvalue weighted by Crippen LogP contribution is -2.37. The van der Waals surface area contributed by atoms with Gasteiger partial charge in [0, 0.05) is 10.2 Å². The van der Waals surface area contributed by atoms with Crippen molar-refractivity contribution in [3.05, 3.63) is 28.2 Å². The van der Waals surface area contributed by atoms with Crippen LogP contribution in [-0.4, -0.2) is 11.4 Å². The average Bonchev–Trinajstić information content (AvgIpc) is 2.90. The molecule has 0 spiro atoms. The second-order valence-electron chi connectivity index (χ2n) is 4.07. The Balaban J connectivity index is 0.00000128. The SMILES string of the molecule is Cc1cc(Br)ccc1NC(=O)C1(N)CC1.Cl. The number of hydrogen-bond donors (Lipinski definition) is 2. The summed E-state index contributed by atoms with van der Waals surface area (Å²) >= 11 is 3.38. The van der Waals surface area contributed by atoms with Gasteiger partial charge in [-0.25, -0.2) is 0 Å². The summed E-state index contributed by atoms with van der Waals surface area (Å²) in [4.78, 5) is 11.7. The van der Waals surface area contributed by atoms with E-state index in [1.54, 1.807) is 0 Å². The first-order valence-electron chi connectivity index (χ1n) is 4.88. The van der Waals surface area contributed by atoms with Crippen LogP contribution in [0.2, 0.25) is 0 Å². The molecular formula is C11H14BrClN2O. The smallest absolute Gasteiger partial charge is 0.244 e. The fraction of sp³-hybridized carbons (Fsp3) is 0.364. The molecule has 0 heterocycles. The summed E-state index contributed by atoms with van der Waals surface area (Å²) in [6.07, 6.45) is 1.57. The zero-order chi connectivity index (χ0) is 11.1. The molecule has 0 unspecified atom stereocenters. The van der Waals surface area contributed by atoms with Gasteiger partial charge in [-0.2, -0.15) is 0 Å². The van der Waals surface area contributed by atoms with Crippen LogP contribution >= 0.6 is 28.3 Å². The average molecular weight is 306 g/mol. The summed E-state index contributed by atoms with van der Waals surface area (Å²) in [5.74, 6) is -0.0760. The van der Waals surface area contributed by atoms with Gasteiger partial charge in [-0.15, -0.1) is 12.4 Å². The molecule has 0 aliphatic heterocycles. The number of anilines is 1. The Hall–Kier alpha value is -0.580. The highest BCUT2D eigenvalue weighted by Crippen LogP contribution is 2.33. The van der Waals surface area contributed by atoms with Gasteiger partial charge in [0.2, 0.25) is 5.91 Å². The van der Waals surface area contributed by atoms with Crippen LogP contribution in [-0.2, 0) is 4.79 Å². The van der Waals surface area contributed by atoms with E-state index in [0.717, 1.165) is 28.6 Å². The van der Waals surface area contributed by atoms with Gasteiger partial charge in [0.15, 0.2) is 0 Å². The Morgan fingerprint density at radius 3 is 2.62 bits per heavy atom. The molecule has 2 rings (SSSR count). The summed E-state index contributed by atoms with van der Waals surface area (Å²) in [5, 5.41) is 2.86. The van der Waals surface area contributed by atoms with Gasteiger partial charge in [0.25, 0.3) is 0 Å². The van der Waals surface area contributed by atoms with Crippen molar-refractivity contribution >= 4 is 39.9 Å². The van der Waals surface area contributed by atoms with E-state index in [1.165, 1.54) is 0 Å². The van der Waals surface area contributed by atoms with Gasteiger partial charge >= 0.3 is 0 Å². The van der Waals surface area contributed by atoms with Crippen molar-refractivity contribution in [1.29, 1.82) is 0 Å². The third-order valence-electron chi connectivity index (χ3n) is 2.68. The number of rotatable bonds is 2. The minimum atomic E-state index is -0.612. The van der Waals surface area contributed by atoms with Crippen LogP contribution in [0.4, 0.5) is 5.69 Å². The van der Waals surface area contributed by atoms with Gasteiger partial charge < -0.3 is 11.1 Å². The molecule has 88 valence electrons. The molecule has 1 aromatic carbocycles. The molecule has 1 fully saturated rings. The summed E-state index contributed by atoms with van der Waals surface area (Å²) in [6, 6.07) is 5.74. The minimum Gasteiger partial charge on any atom is -0.324 e. The third kappa shape index (κ3) is 2.75. The van der Waals surface area contributed by atoms with Crippen molar-refractivity contribution in [2.45, 2.75) is 25.3 Å². The molecule has 0 radical (unpaired) electrons. The monoisotopic (exact) mass is 304 g/mol. The quantitative estimate of drug-likeness (QED) is 0.882. The number of nitrogens with two attached hydrogens (primary N) is 1. The van der Waals surface area contributed by atoms with Gasteiger partial charge in [-0.3, -0.25) is 4.79 Å². The Morgan fingerprint density at radius 1 is 1.50 bits per heavy atom. The van der Waals surface area contributed by atoms with Crippen LogP contribution in [0.5, 0.6) is 0 Å². The molecule has 0 atom stereocenters. The molecular weight excluding hydrogens is 291 g/mol. The normalized spacial score (nSPS) is 16.2. The lowest BCUT2D eigenvalue weighted by molar-refractivity contribution is -0.118. The van der Waals surface area contributed by atoms with Crippen LogP contribution < -0.4 is 11.1 Å². The van der Waals surface area contributed by atoms with E-state index in [9.17, 15) is 4.79 Å². The number of amides is 1. The summed E-state index contributed by atoms with van der Waals surface area (Å²) < 4.78 is 1.01. The fourth-order valence-corrected chi connectivity index (χ4v) is 1.85. The molecule has 16 heavy (non-hydrogen) atoms. The van der Waals surface area contributed by atoms with Crippen LogP contribution in [0.1, 0.15) is 18.4 Å². The molecule has 0 aromatic heterocycles. The largest absolute Gasteiger partial charge is 0.324 e. The lowest BCUT2D eigenvalue weighted by Gasteiger charge is -2.12. The summed E-state index contributed by atoms with van der Waals surface area (Å²) in [7, 11) is 0. The molecule has 1 amide bonds. The maximum atomic E-state index is 11.7. The molecule has 1 aliphatic carbocycles. The van der Waals surface area contributed by atoms with E-state index < -0.39 is 5.54 Å². The summed E-state index contributed by atoms with van der Waals surface area (Å²) in [6.45, 7) is 1.95. The van der Waals surface area contributed by atoms with E-state index in [2.05, 4.69) is 21.2 Å². The number of benzene rings is 1. The molecule has 1 saturated carbocycles. The van der Waals surface area contributed by atoms with Crippen LogP contribution in [0.15, 0.2) is 22.7 Å². The maximum Gasteiger partial charge on any atom is 0.244 e. The first kappa shape index (κ1) is 13.5. The van der Waals surface area contributed by atoms with Gasteiger partial charge in [0.1, 0.15) is 0 Å².